The summed E-state index contributed by atoms with van der Waals surface area (Å²) in [6.07, 6.45) is 0. The number of ether oxygens (including phenoxy) is 1. The molecule has 6 nitrogen and oxygen atoms in total. The smallest absolute Gasteiger partial charge is 0.340 e. The third kappa shape index (κ3) is 4.90. The predicted octanol–water partition coefficient (Wildman–Crippen LogP) is 4.91. The summed E-state index contributed by atoms with van der Waals surface area (Å²) in [5.74, 6) is 0.892. The number of esters is 1. The number of nitrogens with zero attached hydrogens (tertiary/aromatic N) is 3. The minimum absolute atomic E-state index is 0.319. The molecule has 0 atom stereocenters. The van der Waals surface area contributed by atoms with Crippen molar-refractivity contribution in [3.05, 3.63) is 66.2 Å². The molecule has 3 aromatic rings. The van der Waals surface area contributed by atoms with Crippen LogP contribution < -0.4 is 10.2 Å². The Bertz CT molecular complexity index is 956. The van der Waals surface area contributed by atoms with Gasteiger partial charge < -0.3 is 15.0 Å². The summed E-state index contributed by atoms with van der Waals surface area (Å²) >= 11 is 0. The maximum absolute atomic E-state index is 12.3. The number of para-hydroxylation sites is 1. The van der Waals surface area contributed by atoms with Gasteiger partial charge in [0.1, 0.15) is 5.82 Å². The van der Waals surface area contributed by atoms with E-state index < -0.39 is 0 Å². The number of hydrogen-bond acceptors (Lipinski definition) is 6. The molecule has 150 valence electrons. The van der Waals surface area contributed by atoms with Crippen molar-refractivity contribution >= 4 is 23.4 Å². The minimum atomic E-state index is -0.376. The molecule has 0 aliphatic rings. The van der Waals surface area contributed by atoms with Crippen molar-refractivity contribution in [3.8, 4) is 11.3 Å². The highest BCUT2D eigenvalue weighted by Gasteiger charge is 2.15. The second-order valence-electron chi connectivity index (χ2n) is 6.36. The van der Waals surface area contributed by atoms with Gasteiger partial charge in [-0.2, -0.15) is 4.98 Å². The molecule has 1 N–H and O–H groups in total. The predicted molar refractivity (Wildman–Crippen MR) is 117 cm³/mol. The average molecular weight is 390 g/mol. The van der Waals surface area contributed by atoms with Crippen LogP contribution in [0.4, 0.5) is 17.5 Å². The van der Waals surface area contributed by atoms with Crippen molar-refractivity contribution in [2.24, 2.45) is 0 Å². The van der Waals surface area contributed by atoms with Gasteiger partial charge in [0.25, 0.3) is 0 Å². The van der Waals surface area contributed by atoms with E-state index in [1.54, 1.807) is 19.1 Å². The van der Waals surface area contributed by atoms with E-state index in [0.29, 0.717) is 23.8 Å². The standard InChI is InChI=1S/C23H26N4O2/c1-4-27(5-2)21-16-20(17-12-8-7-9-13-17)25-23(26-21)24-19-15-11-10-14-18(19)22(28)29-6-3/h7-16H,4-6H2,1-3H3,(H,24,25,26). The van der Waals surface area contributed by atoms with Crippen LogP contribution in [0.5, 0.6) is 0 Å². The highest BCUT2D eigenvalue weighted by molar-refractivity contribution is 5.96. The van der Waals surface area contributed by atoms with Gasteiger partial charge in [-0.25, -0.2) is 9.78 Å². The van der Waals surface area contributed by atoms with Crippen molar-refractivity contribution in [3.63, 3.8) is 0 Å². The van der Waals surface area contributed by atoms with E-state index in [1.165, 1.54) is 0 Å². The van der Waals surface area contributed by atoms with Gasteiger partial charge in [0.05, 0.1) is 23.6 Å². The summed E-state index contributed by atoms with van der Waals surface area (Å²) in [6.45, 7) is 7.96. The Morgan fingerprint density at radius 3 is 2.34 bits per heavy atom. The fourth-order valence-electron chi connectivity index (χ4n) is 3.06. The fourth-order valence-corrected chi connectivity index (χ4v) is 3.06. The normalized spacial score (nSPS) is 10.4. The van der Waals surface area contributed by atoms with E-state index in [1.807, 2.05) is 48.5 Å². The van der Waals surface area contributed by atoms with Gasteiger partial charge in [0, 0.05) is 24.7 Å². The lowest BCUT2D eigenvalue weighted by Gasteiger charge is -2.21. The number of carbonyl (C=O) groups is 1. The summed E-state index contributed by atoms with van der Waals surface area (Å²) in [6, 6.07) is 19.2. The van der Waals surface area contributed by atoms with E-state index in [4.69, 9.17) is 14.7 Å². The van der Waals surface area contributed by atoms with Crippen molar-refractivity contribution < 1.29 is 9.53 Å². The molecule has 6 heteroatoms. The SMILES string of the molecule is CCOC(=O)c1ccccc1Nc1nc(-c2ccccc2)cc(N(CC)CC)n1. The summed E-state index contributed by atoms with van der Waals surface area (Å²) in [5, 5.41) is 3.22. The Morgan fingerprint density at radius 2 is 1.66 bits per heavy atom. The zero-order valence-corrected chi connectivity index (χ0v) is 17.1. The Kier molecular flexibility index (Phi) is 6.79. The molecule has 0 bridgehead atoms. The van der Waals surface area contributed by atoms with Gasteiger partial charge >= 0.3 is 5.97 Å². The molecule has 1 aromatic heterocycles. The van der Waals surface area contributed by atoms with Gasteiger partial charge in [-0.05, 0) is 32.9 Å². The Morgan fingerprint density at radius 1 is 0.966 bits per heavy atom. The van der Waals surface area contributed by atoms with Gasteiger partial charge in [-0.3, -0.25) is 0 Å². The summed E-state index contributed by atoms with van der Waals surface area (Å²) in [7, 11) is 0. The molecule has 0 radical (unpaired) electrons. The summed E-state index contributed by atoms with van der Waals surface area (Å²) < 4.78 is 5.17. The largest absolute Gasteiger partial charge is 0.462 e. The van der Waals surface area contributed by atoms with Crippen LogP contribution in [0.1, 0.15) is 31.1 Å². The molecule has 0 spiro atoms. The molecular weight excluding hydrogens is 364 g/mol. The van der Waals surface area contributed by atoms with Crippen LogP contribution in [0.2, 0.25) is 0 Å². The number of anilines is 3. The Hall–Kier alpha value is -3.41. The van der Waals surface area contributed by atoms with Crippen molar-refractivity contribution in [2.75, 3.05) is 29.9 Å². The molecule has 29 heavy (non-hydrogen) atoms. The highest BCUT2D eigenvalue weighted by atomic mass is 16.5. The van der Waals surface area contributed by atoms with Gasteiger partial charge in [0.2, 0.25) is 5.95 Å². The first kappa shape index (κ1) is 20.3. The maximum Gasteiger partial charge on any atom is 0.340 e. The second-order valence-corrected chi connectivity index (χ2v) is 6.36. The number of carbonyl (C=O) groups excluding carboxylic acids is 1. The number of rotatable bonds is 8. The molecule has 2 aromatic carbocycles. The molecule has 0 aliphatic heterocycles. The molecule has 0 aliphatic carbocycles. The lowest BCUT2D eigenvalue weighted by Crippen LogP contribution is -2.23. The maximum atomic E-state index is 12.3. The van der Waals surface area contributed by atoms with E-state index in [9.17, 15) is 4.79 Å². The summed E-state index contributed by atoms with van der Waals surface area (Å²) in [5.41, 5.74) is 2.89. The van der Waals surface area contributed by atoms with Crippen LogP contribution in [-0.2, 0) is 4.74 Å². The van der Waals surface area contributed by atoms with E-state index >= 15 is 0 Å². The molecule has 0 unspecified atom stereocenters. The molecule has 0 saturated carbocycles. The van der Waals surface area contributed by atoms with Gasteiger partial charge in [-0.1, -0.05) is 42.5 Å². The number of nitrogens with one attached hydrogen (secondary N) is 1. The van der Waals surface area contributed by atoms with Crippen LogP contribution in [0, 0.1) is 0 Å². The van der Waals surface area contributed by atoms with Crippen LogP contribution in [0.15, 0.2) is 60.7 Å². The van der Waals surface area contributed by atoms with E-state index in [-0.39, 0.29) is 5.97 Å². The Balaban J connectivity index is 2.03. The van der Waals surface area contributed by atoms with Crippen LogP contribution >= 0.6 is 0 Å². The molecule has 0 saturated heterocycles. The zero-order valence-electron chi connectivity index (χ0n) is 17.1. The molecule has 0 fully saturated rings. The first-order valence-electron chi connectivity index (χ1n) is 9.88. The quantitative estimate of drug-likeness (QED) is 0.551. The molecular formula is C23H26N4O2. The van der Waals surface area contributed by atoms with Crippen molar-refractivity contribution in [2.45, 2.75) is 20.8 Å². The highest BCUT2D eigenvalue weighted by Crippen LogP contribution is 2.26. The average Bonchev–Trinajstić information content (AvgIpc) is 2.76. The topological polar surface area (TPSA) is 67.3 Å². The first-order valence-corrected chi connectivity index (χ1v) is 9.88. The van der Waals surface area contributed by atoms with Crippen LogP contribution in [0.3, 0.4) is 0 Å². The lowest BCUT2D eigenvalue weighted by atomic mass is 10.1. The van der Waals surface area contributed by atoms with E-state index in [0.717, 1.165) is 30.2 Å². The molecule has 0 amide bonds. The molecule has 3 rings (SSSR count). The number of hydrogen-bond donors (Lipinski definition) is 1. The van der Waals surface area contributed by atoms with Crippen LogP contribution in [0.25, 0.3) is 11.3 Å². The zero-order chi connectivity index (χ0) is 20.6. The van der Waals surface area contributed by atoms with Crippen LogP contribution in [-0.4, -0.2) is 35.6 Å². The summed E-state index contributed by atoms with van der Waals surface area (Å²) in [4.78, 5) is 23.9. The monoisotopic (exact) mass is 390 g/mol. The lowest BCUT2D eigenvalue weighted by molar-refractivity contribution is 0.0527. The Labute approximate surface area is 171 Å². The number of benzene rings is 2. The van der Waals surface area contributed by atoms with Gasteiger partial charge in [0.15, 0.2) is 0 Å². The third-order valence-corrected chi connectivity index (χ3v) is 4.54. The second kappa shape index (κ2) is 9.68. The fraction of sp³-hybridized carbons (Fsp3) is 0.261. The van der Waals surface area contributed by atoms with Gasteiger partial charge in [-0.15, -0.1) is 0 Å². The van der Waals surface area contributed by atoms with Crippen molar-refractivity contribution in [1.82, 2.24) is 9.97 Å². The first-order chi connectivity index (χ1) is 14.2. The van der Waals surface area contributed by atoms with E-state index in [2.05, 4.69) is 24.1 Å². The molecule has 1 heterocycles. The third-order valence-electron chi connectivity index (χ3n) is 4.54. The minimum Gasteiger partial charge on any atom is -0.462 e. The van der Waals surface area contributed by atoms with Crippen molar-refractivity contribution in [1.29, 1.82) is 0 Å². The number of aromatic nitrogens is 2.